The summed E-state index contributed by atoms with van der Waals surface area (Å²) in [6.07, 6.45) is 0. The molecule has 2 N–H and O–H groups in total. The van der Waals surface area contributed by atoms with E-state index in [1.807, 2.05) is 13.0 Å². The van der Waals surface area contributed by atoms with Crippen LogP contribution in [-0.2, 0) is 19.6 Å². The first kappa shape index (κ1) is 23.2. The predicted molar refractivity (Wildman–Crippen MR) is 126 cm³/mol. The van der Waals surface area contributed by atoms with Crippen molar-refractivity contribution in [1.82, 2.24) is 9.97 Å². The summed E-state index contributed by atoms with van der Waals surface area (Å²) in [5.74, 6) is -0.399. The number of rotatable bonds is 6. The molecule has 0 saturated carbocycles. The third-order valence-electron chi connectivity index (χ3n) is 4.99. The van der Waals surface area contributed by atoms with Crippen LogP contribution in [0.3, 0.4) is 0 Å². The van der Waals surface area contributed by atoms with Gasteiger partial charge in [-0.3, -0.25) is 4.79 Å². The van der Waals surface area contributed by atoms with Crippen LogP contribution in [0, 0.1) is 20.8 Å². The van der Waals surface area contributed by atoms with E-state index in [1.165, 1.54) is 24.3 Å². The number of sulfonamides is 1. The van der Waals surface area contributed by atoms with Crippen molar-refractivity contribution in [3.05, 3.63) is 65.5 Å². The molecule has 0 radical (unpaired) electrons. The molecule has 176 valence electrons. The number of amides is 1. The Kier molecular flexibility index (Phi) is 6.20. The highest BCUT2D eigenvalue weighted by molar-refractivity contribution is 7.92. The number of aryl methyl sites for hydroxylation is 3. The van der Waals surface area contributed by atoms with Gasteiger partial charge in [0.2, 0.25) is 11.9 Å². The quantitative estimate of drug-likeness (QED) is 0.406. The summed E-state index contributed by atoms with van der Waals surface area (Å²) in [7, 11) is -3.91. The minimum absolute atomic E-state index is 0.00340. The van der Waals surface area contributed by atoms with Gasteiger partial charge >= 0.3 is 5.97 Å². The largest absolute Gasteiger partial charge is 0.423 e. The molecule has 0 spiro atoms. The van der Waals surface area contributed by atoms with Gasteiger partial charge in [0.15, 0.2) is 5.75 Å². The Morgan fingerprint density at radius 3 is 2.38 bits per heavy atom. The number of benzene rings is 2. The summed E-state index contributed by atoms with van der Waals surface area (Å²) in [6, 6.07) is 12.9. The maximum atomic E-state index is 12.7. The van der Waals surface area contributed by atoms with Gasteiger partial charge in [-0.2, -0.15) is 0 Å². The van der Waals surface area contributed by atoms with Crippen LogP contribution in [0.15, 0.2) is 53.4 Å². The van der Waals surface area contributed by atoms with Gasteiger partial charge in [-0.25, -0.2) is 27.9 Å². The number of nitrogens with zero attached hydrogens (tertiary/aromatic N) is 3. The molecule has 0 aliphatic carbocycles. The highest BCUT2D eigenvalue weighted by Gasteiger charge is 2.26. The number of fused-ring (bicyclic) bond motifs is 1. The van der Waals surface area contributed by atoms with Crippen molar-refractivity contribution in [2.75, 3.05) is 28.0 Å². The third-order valence-corrected chi connectivity index (χ3v) is 6.33. The van der Waals surface area contributed by atoms with E-state index in [0.717, 1.165) is 5.56 Å². The van der Waals surface area contributed by atoms with E-state index in [0.29, 0.717) is 28.5 Å². The number of aromatic nitrogens is 2. The van der Waals surface area contributed by atoms with Crippen molar-refractivity contribution < 1.29 is 22.7 Å². The highest BCUT2D eigenvalue weighted by Crippen LogP contribution is 2.32. The van der Waals surface area contributed by atoms with E-state index in [9.17, 15) is 18.0 Å². The number of hydrogen-bond donors (Lipinski definition) is 2. The van der Waals surface area contributed by atoms with Gasteiger partial charge in [-0.1, -0.05) is 6.07 Å². The zero-order valence-corrected chi connectivity index (χ0v) is 19.6. The molecule has 1 amide bonds. The van der Waals surface area contributed by atoms with E-state index >= 15 is 0 Å². The van der Waals surface area contributed by atoms with E-state index in [2.05, 4.69) is 20.0 Å². The van der Waals surface area contributed by atoms with Crippen molar-refractivity contribution in [2.45, 2.75) is 25.7 Å². The van der Waals surface area contributed by atoms with Crippen LogP contribution in [0.25, 0.3) is 0 Å². The molecule has 1 aromatic heterocycles. The molecule has 4 rings (SSSR count). The minimum Gasteiger partial charge on any atom is -0.423 e. The molecular weight excluding hydrogens is 458 g/mol. The third kappa shape index (κ3) is 5.31. The summed E-state index contributed by atoms with van der Waals surface area (Å²) in [4.78, 5) is 34.3. The standard InChI is InChI=1S/C23H23N5O5S/c1-14-4-9-19-20(10-14)33-22(30)13-28(19)12-21(29)26-17-5-7-18(8-6-17)34(31,32)27-23-24-15(2)11-16(3)25-23/h4-11H,12-13H2,1-3H3,(H,26,29)(H,24,25,27). The van der Waals surface area contributed by atoms with Crippen molar-refractivity contribution in [3.63, 3.8) is 0 Å². The van der Waals surface area contributed by atoms with Crippen LogP contribution in [0.1, 0.15) is 17.0 Å². The molecule has 0 bridgehead atoms. The van der Waals surface area contributed by atoms with Crippen molar-refractivity contribution in [3.8, 4) is 5.75 Å². The van der Waals surface area contributed by atoms with Crippen LogP contribution in [-0.4, -0.2) is 43.4 Å². The average molecular weight is 482 g/mol. The predicted octanol–water partition coefficient (Wildman–Crippen LogP) is 2.57. The van der Waals surface area contributed by atoms with Crippen LogP contribution in [0.5, 0.6) is 5.75 Å². The van der Waals surface area contributed by atoms with Gasteiger partial charge < -0.3 is 15.0 Å². The second kappa shape index (κ2) is 9.10. The lowest BCUT2D eigenvalue weighted by atomic mass is 10.1. The number of carbonyl (C=O) groups excluding carboxylic acids is 2. The second-order valence-corrected chi connectivity index (χ2v) is 9.64. The summed E-state index contributed by atoms with van der Waals surface area (Å²) >= 11 is 0. The van der Waals surface area contributed by atoms with Crippen molar-refractivity contribution in [2.24, 2.45) is 0 Å². The Labute approximate surface area is 197 Å². The van der Waals surface area contributed by atoms with E-state index in [-0.39, 0.29) is 29.8 Å². The highest BCUT2D eigenvalue weighted by atomic mass is 32.2. The van der Waals surface area contributed by atoms with Gasteiger partial charge in [0.05, 0.1) is 17.1 Å². The first-order chi connectivity index (χ1) is 16.1. The SMILES string of the molecule is Cc1ccc2c(c1)OC(=O)CN2CC(=O)Nc1ccc(S(=O)(=O)Nc2nc(C)cc(C)n2)cc1. The fourth-order valence-corrected chi connectivity index (χ4v) is 4.49. The number of hydrogen-bond acceptors (Lipinski definition) is 8. The molecule has 0 unspecified atom stereocenters. The minimum atomic E-state index is -3.91. The second-order valence-electron chi connectivity index (χ2n) is 7.95. The van der Waals surface area contributed by atoms with Crippen LogP contribution in [0.4, 0.5) is 17.3 Å². The molecule has 11 heteroatoms. The smallest absolute Gasteiger partial charge is 0.331 e. The van der Waals surface area contributed by atoms with Crippen LogP contribution < -0.4 is 19.7 Å². The number of nitrogens with one attached hydrogen (secondary N) is 2. The Balaban J connectivity index is 1.43. The fraction of sp³-hybridized carbons (Fsp3) is 0.217. The fourth-order valence-electron chi connectivity index (χ4n) is 3.54. The maximum Gasteiger partial charge on any atom is 0.331 e. The number of anilines is 3. The Morgan fingerprint density at radius 2 is 1.71 bits per heavy atom. The lowest BCUT2D eigenvalue weighted by Gasteiger charge is -2.29. The van der Waals surface area contributed by atoms with Gasteiger partial charge in [0, 0.05) is 17.1 Å². The number of esters is 1. The Hall–Kier alpha value is -3.99. The van der Waals surface area contributed by atoms with Crippen LogP contribution >= 0.6 is 0 Å². The van der Waals surface area contributed by atoms with Gasteiger partial charge in [-0.15, -0.1) is 0 Å². The first-order valence-corrected chi connectivity index (χ1v) is 11.9. The lowest BCUT2D eigenvalue weighted by molar-refractivity contribution is -0.133. The van der Waals surface area contributed by atoms with Gasteiger partial charge in [0.1, 0.15) is 6.54 Å². The topological polar surface area (TPSA) is 131 Å². The molecule has 0 fully saturated rings. The molecule has 0 saturated heterocycles. The summed E-state index contributed by atoms with van der Waals surface area (Å²) in [5.41, 5.74) is 3.29. The van der Waals surface area contributed by atoms with Crippen molar-refractivity contribution >= 4 is 39.2 Å². The maximum absolute atomic E-state index is 12.7. The normalized spacial score (nSPS) is 13.1. The zero-order valence-electron chi connectivity index (χ0n) is 18.8. The number of carbonyl (C=O) groups is 2. The molecule has 10 nitrogen and oxygen atoms in total. The summed E-state index contributed by atoms with van der Waals surface area (Å²) in [6.45, 7) is 5.25. The molecule has 2 aromatic carbocycles. The van der Waals surface area contributed by atoms with E-state index in [4.69, 9.17) is 4.74 Å². The van der Waals surface area contributed by atoms with E-state index < -0.39 is 16.0 Å². The van der Waals surface area contributed by atoms with E-state index in [1.54, 1.807) is 36.9 Å². The zero-order chi connectivity index (χ0) is 24.5. The summed E-state index contributed by atoms with van der Waals surface area (Å²) in [5, 5.41) is 2.72. The molecule has 0 atom stereocenters. The van der Waals surface area contributed by atoms with Crippen molar-refractivity contribution in [1.29, 1.82) is 0 Å². The first-order valence-electron chi connectivity index (χ1n) is 10.4. The summed E-state index contributed by atoms with van der Waals surface area (Å²) < 4.78 is 32.9. The Bertz CT molecular complexity index is 1350. The molecule has 1 aliphatic rings. The molecule has 1 aliphatic heterocycles. The lowest BCUT2D eigenvalue weighted by Crippen LogP contribution is -2.41. The molecular formula is C23H23N5O5S. The van der Waals surface area contributed by atoms with Gasteiger partial charge in [-0.05, 0) is 68.8 Å². The van der Waals surface area contributed by atoms with Crippen LogP contribution in [0.2, 0.25) is 0 Å². The Morgan fingerprint density at radius 1 is 1.03 bits per heavy atom. The molecule has 2 heterocycles. The number of ether oxygens (including phenoxy) is 1. The van der Waals surface area contributed by atoms with Gasteiger partial charge in [0.25, 0.3) is 10.0 Å². The molecule has 3 aromatic rings. The monoisotopic (exact) mass is 481 g/mol. The molecule has 34 heavy (non-hydrogen) atoms. The average Bonchev–Trinajstić information content (AvgIpc) is 2.72.